The Kier molecular flexibility index (Phi) is 6.69. The fraction of sp³-hybridized carbons (Fsp3) is 0.304. The van der Waals surface area contributed by atoms with E-state index in [0.29, 0.717) is 29.1 Å². The van der Waals surface area contributed by atoms with Crippen molar-refractivity contribution in [2.75, 3.05) is 18.4 Å². The number of nitrogens with one attached hydrogen (secondary N) is 3. The molecular formula is C23H28N6O2. The van der Waals surface area contributed by atoms with Crippen LogP contribution in [0.15, 0.2) is 42.5 Å². The summed E-state index contributed by atoms with van der Waals surface area (Å²) in [6.07, 6.45) is 2.13. The number of hydrogen-bond acceptors (Lipinski definition) is 4. The number of hydrogen-bond donors (Lipinski definition) is 5. The maximum absolute atomic E-state index is 12.6. The second-order valence-corrected chi connectivity index (χ2v) is 7.93. The smallest absolute Gasteiger partial charge is 0.248 e. The second-order valence-electron chi connectivity index (χ2n) is 7.93. The molecule has 8 heteroatoms. The Bertz CT molecular complexity index is 1020. The van der Waals surface area contributed by atoms with Crippen LogP contribution in [-0.4, -0.2) is 41.5 Å². The third-order valence-electron chi connectivity index (χ3n) is 5.57. The molecule has 1 fully saturated rings. The lowest BCUT2D eigenvalue weighted by Crippen LogP contribution is -2.37. The van der Waals surface area contributed by atoms with E-state index in [4.69, 9.17) is 22.3 Å². The molecular weight excluding hydrogens is 392 g/mol. The van der Waals surface area contributed by atoms with Gasteiger partial charge in [0.15, 0.2) is 0 Å². The van der Waals surface area contributed by atoms with Crippen LogP contribution in [0.2, 0.25) is 0 Å². The average Bonchev–Trinajstić information content (AvgIpc) is 2.73. The summed E-state index contributed by atoms with van der Waals surface area (Å²) in [6.45, 7) is 3.37. The number of primary amides is 1. The van der Waals surface area contributed by atoms with Gasteiger partial charge in [-0.1, -0.05) is 18.2 Å². The summed E-state index contributed by atoms with van der Waals surface area (Å²) in [4.78, 5) is 26.5. The summed E-state index contributed by atoms with van der Waals surface area (Å²) >= 11 is 0. The van der Waals surface area contributed by atoms with Crippen LogP contribution in [0.25, 0.3) is 11.1 Å². The van der Waals surface area contributed by atoms with Gasteiger partial charge in [0.25, 0.3) is 0 Å². The van der Waals surface area contributed by atoms with Crippen molar-refractivity contribution < 1.29 is 9.59 Å². The van der Waals surface area contributed by atoms with Gasteiger partial charge in [0.2, 0.25) is 11.8 Å². The number of benzene rings is 2. The number of rotatable bonds is 6. The summed E-state index contributed by atoms with van der Waals surface area (Å²) in [5.41, 5.74) is 13.9. The molecule has 2 aromatic rings. The molecule has 0 aliphatic carbocycles. The van der Waals surface area contributed by atoms with Gasteiger partial charge in [0.1, 0.15) is 5.84 Å². The number of carbonyl (C=O) groups excluding carboxylic acids is 2. The van der Waals surface area contributed by atoms with Crippen molar-refractivity contribution in [1.82, 2.24) is 4.90 Å². The van der Waals surface area contributed by atoms with Crippen LogP contribution < -0.4 is 16.8 Å². The predicted octanol–water partition coefficient (Wildman–Crippen LogP) is 2.77. The largest absolute Gasteiger partial charge is 0.384 e. The molecule has 0 spiro atoms. The molecule has 0 bridgehead atoms. The molecule has 1 heterocycles. The Balaban J connectivity index is 1.76. The van der Waals surface area contributed by atoms with Crippen LogP contribution in [0.3, 0.4) is 0 Å². The van der Waals surface area contributed by atoms with Crippen LogP contribution >= 0.6 is 0 Å². The van der Waals surface area contributed by atoms with E-state index >= 15 is 0 Å². The maximum atomic E-state index is 12.6. The van der Waals surface area contributed by atoms with Gasteiger partial charge in [0, 0.05) is 36.3 Å². The highest BCUT2D eigenvalue weighted by atomic mass is 16.2. The lowest BCUT2D eigenvalue weighted by Gasteiger charge is -2.32. The van der Waals surface area contributed by atoms with Gasteiger partial charge in [-0.25, -0.2) is 0 Å². The number of amides is 2. The number of carbonyl (C=O) groups is 2. The molecule has 0 atom stereocenters. The quantitative estimate of drug-likeness (QED) is 0.361. The lowest BCUT2D eigenvalue weighted by molar-refractivity contribution is -0.117. The predicted molar refractivity (Wildman–Crippen MR) is 122 cm³/mol. The molecule has 31 heavy (non-hydrogen) atoms. The van der Waals surface area contributed by atoms with Crippen LogP contribution in [0.5, 0.6) is 0 Å². The monoisotopic (exact) mass is 420 g/mol. The second kappa shape index (κ2) is 9.42. The lowest BCUT2D eigenvalue weighted by atomic mass is 9.93. The molecule has 1 saturated heterocycles. The summed E-state index contributed by atoms with van der Waals surface area (Å²) < 4.78 is 0. The molecule has 3 rings (SSSR count). The molecule has 162 valence electrons. The molecule has 7 N–H and O–H groups in total. The van der Waals surface area contributed by atoms with Crippen molar-refractivity contribution in [2.24, 2.45) is 17.4 Å². The summed E-state index contributed by atoms with van der Waals surface area (Å²) in [5, 5.41) is 18.2. The zero-order valence-electron chi connectivity index (χ0n) is 17.6. The number of anilines is 1. The number of amidine groups is 2. The summed E-state index contributed by atoms with van der Waals surface area (Å²) in [6, 6.07) is 12.1. The number of nitrogen functional groups attached to an aromatic ring is 1. The Morgan fingerprint density at radius 2 is 1.71 bits per heavy atom. The van der Waals surface area contributed by atoms with Gasteiger partial charge in [-0.3, -0.25) is 20.4 Å². The standard InChI is InChI=1S/C23H28N6O2/c1-14(24)29-7-5-15(6-8-29)9-21(30)28-20-12-18(11-19(13-20)23(27)31)16-3-2-4-17(10-16)22(25)26/h2-4,10-13,15,24H,5-9H2,1H3,(H3,25,26)(H2,27,31)(H,28,30). The van der Waals surface area contributed by atoms with Gasteiger partial charge in [-0.2, -0.15) is 0 Å². The first kappa shape index (κ1) is 22.0. The minimum Gasteiger partial charge on any atom is -0.384 e. The third-order valence-corrected chi connectivity index (χ3v) is 5.57. The van der Waals surface area contributed by atoms with Gasteiger partial charge in [-0.05, 0) is 61.1 Å². The normalized spacial score (nSPS) is 14.2. The molecule has 2 aromatic carbocycles. The van der Waals surface area contributed by atoms with Gasteiger partial charge in [-0.15, -0.1) is 0 Å². The third kappa shape index (κ3) is 5.69. The van der Waals surface area contributed by atoms with Gasteiger partial charge >= 0.3 is 0 Å². The fourth-order valence-electron chi connectivity index (χ4n) is 3.82. The van der Waals surface area contributed by atoms with Crippen molar-refractivity contribution in [3.8, 4) is 11.1 Å². The molecule has 0 radical (unpaired) electrons. The average molecular weight is 421 g/mol. The highest BCUT2D eigenvalue weighted by Crippen LogP contribution is 2.27. The van der Waals surface area contributed by atoms with E-state index in [1.165, 1.54) is 0 Å². The molecule has 0 unspecified atom stereocenters. The first-order valence-electron chi connectivity index (χ1n) is 10.2. The van der Waals surface area contributed by atoms with Crippen LogP contribution in [-0.2, 0) is 4.79 Å². The van der Waals surface area contributed by atoms with E-state index in [1.54, 1.807) is 43.3 Å². The Morgan fingerprint density at radius 3 is 2.32 bits per heavy atom. The first-order valence-corrected chi connectivity index (χ1v) is 10.2. The van der Waals surface area contributed by atoms with E-state index in [0.717, 1.165) is 31.5 Å². The first-order chi connectivity index (χ1) is 14.7. The summed E-state index contributed by atoms with van der Waals surface area (Å²) in [7, 11) is 0. The topological polar surface area (TPSA) is 149 Å². The van der Waals surface area contributed by atoms with Gasteiger partial charge in [0.05, 0.1) is 5.84 Å². The van der Waals surface area contributed by atoms with E-state index < -0.39 is 5.91 Å². The number of likely N-dealkylation sites (tertiary alicyclic amines) is 1. The minimum atomic E-state index is -0.588. The maximum Gasteiger partial charge on any atom is 0.248 e. The SMILES string of the molecule is CC(=N)N1CCC(CC(=O)Nc2cc(C(N)=O)cc(-c3cccc(C(=N)N)c3)c2)CC1. The highest BCUT2D eigenvalue weighted by molar-refractivity contribution is 5.99. The minimum absolute atomic E-state index is 0.0503. The van der Waals surface area contributed by atoms with Gasteiger partial charge < -0.3 is 21.7 Å². The molecule has 0 saturated carbocycles. The molecule has 1 aliphatic rings. The molecule has 0 aromatic heterocycles. The highest BCUT2D eigenvalue weighted by Gasteiger charge is 2.22. The Labute approximate surface area is 181 Å². The number of piperidine rings is 1. The zero-order valence-corrected chi connectivity index (χ0v) is 17.6. The van der Waals surface area contributed by atoms with E-state index in [2.05, 4.69) is 5.32 Å². The molecule has 2 amide bonds. The Hall–Kier alpha value is -3.68. The van der Waals surface area contributed by atoms with Crippen molar-refractivity contribution in [3.05, 3.63) is 53.6 Å². The van der Waals surface area contributed by atoms with E-state index in [1.807, 2.05) is 11.0 Å². The van der Waals surface area contributed by atoms with E-state index in [-0.39, 0.29) is 23.2 Å². The number of nitrogens with two attached hydrogens (primary N) is 2. The van der Waals surface area contributed by atoms with Crippen molar-refractivity contribution in [1.29, 1.82) is 10.8 Å². The van der Waals surface area contributed by atoms with Crippen molar-refractivity contribution in [2.45, 2.75) is 26.2 Å². The fourth-order valence-corrected chi connectivity index (χ4v) is 3.82. The Morgan fingerprint density at radius 1 is 1.03 bits per heavy atom. The molecule has 8 nitrogen and oxygen atoms in total. The number of nitrogens with zero attached hydrogens (tertiary/aromatic N) is 1. The van der Waals surface area contributed by atoms with Crippen molar-refractivity contribution >= 4 is 29.2 Å². The van der Waals surface area contributed by atoms with E-state index in [9.17, 15) is 9.59 Å². The van der Waals surface area contributed by atoms with Crippen LogP contribution in [0.4, 0.5) is 5.69 Å². The zero-order chi connectivity index (χ0) is 22.5. The van der Waals surface area contributed by atoms with Crippen molar-refractivity contribution in [3.63, 3.8) is 0 Å². The molecule has 1 aliphatic heterocycles. The van der Waals surface area contributed by atoms with Crippen LogP contribution in [0.1, 0.15) is 42.1 Å². The van der Waals surface area contributed by atoms with Crippen LogP contribution in [0, 0.1) is 16.7 Å². The summed E-state index contributed by atoms with van der Waals surface area (Å²) in [5.74, 6) is 0.0735.